The Morgan fingerprint density at radius 3 is 2.52 bits per heavy atom. The number of aryl methyl sites for hydroxylation is 2. The van der Waals surface area contributed by atoms with Gasteiger partial charge in [-0.05, 0) is 63.5 Å². The first-order chi connectivity index (χ1) is 15.8. The normalized spacial score (nSPS) is 15.8. The van der Waals surface area contributed by atoms with E-state index in [4.69, 9.17) is 0 Å². The minimum absolute atomic E-state index is 0.0868. The van der Waals surface area contributed by atoms with Crippen LogP contribution in [0.3, 0.4) is 0 Å². The van der Waals surface area contributed by atoms with Crippen molar-refractivity contribution in [3.8, 4) is 11.8 Å². The highest BCUT2D eigenvalue weighted by Gasteiger charge is 2.33. The van der Waals surface area contributed by atoms with E-state index in [-0.39, 0.29) is 23.9 Å². The summed E-state index contributed by atoms with van der Waals surface area (Å²) in [6.07, 6.45) is 2.87. The monoisotopic (exact) mass is 447 g/mol. The number of hydrogen-bond acceptors (Lipinski definition) is 4. The molecule has 3 rings (SSSR count). The second-order valence-electron chi connectivity index (χ2n) is 8.21. The molecular formula is C25H29N5O3. The highest BCUT2D eigenvalue weighted by atomic mass is 16.2. The zero-order valence-corrected chi connectivity index (χ0v) is 19.4. The Balaban J connectivity index is 1.73. The van der Waals surface area contributed by atoms with Crippen LogP contribution < -0.4 is 10.6 Å². The predicted molar refractivity (Wildman–Crippen MR) is 125 cm³/mol. The molecule has 2 N–H and O–H groups in total. The molecule has 33 heavy (non-hydrogen) atoms. The van der Waals surface area contributed by atoms with Crippen molar-refractivity contribution < 1.29 is 14.4 Å². The van der Waals surface area contributed by atoms with Gasteiger partial charge in [0.15, 0.2) is 0 Å². The Morgan fingerprint density at radius 1 is 1.18 bits per heavy atom. The highest BCUT2D eigenvalue weighted by Crippen LogP contribution is 2.23. The molecule has 172 valence electrons. The van der Waals surface area contributed by atoms with Gasteiger partial charge in [0, 0.05) is 30.7 Å². The number of carbonyl (C=O) groups excluding carboxylic acids is 3. The van der Waals surface area contributed by atoms with Gasteiger partial charge in [0.1, 0.15) is 17.7 Å². The van der Waals surface area contributed by atoms with Crippen LogP contribution in [0.1, 0.15) is 35.4 Å². The number of benzene rings is 1. The van der Waals surface area contributed by atoms with Gasteiger partial charge in [-0.1, -0.05) is 17.7 Å². The molecule has 3 amide bonds. The Hall–Kier alpha value is -3.86. The number of rotatable bonds is 6. The highest BCUT2D eigenvalue weighted by molar-refractivity contribution is 6.03. The van der Waals surface area contributed by atoms with Gasteiger partial charge >= 0.3 is 0 Å². The molecule has 0 spiro atoms. The first-order valence-electron chi connectivity index (χ1n) is 10.9. The second-order valence-corrected chi connectivity index (χ2v) is 8.21. The van der Waals surface area contributed by atoms with Crippen LogP contribution in [-0.4, -0.2) is 53.4 Å². The van der Waals surface area contributed by atoms with E-state index in [2.05, 4.69) is 15.2 Å². The van der Waals surface area contributed by atoms with Crippen molar-refractivity contribution >= 4 is 23.8 Å². The third kappa shape index (κ3) is 5.14. The summed E-state index contributed by atoms with van der Waals surface area (Å²) in [5.74, 6) is -1.18. The average Bonchev–Trinajstić information content (AvgIpc) is 3.40. The third-order valence-electron chi connectivity index (χ3n) is 5.95. The molecule has 0 saturated carbocycles. The number of amides is 3. The van der Waals surface area contributed by atoms with Gasteiger partial charge in [0.25, 0.3) is 5.91 Å². The van der Waals surface area contributed by atoms with Crippen LogP contribution in [0.4, 0.5) is 0 Å². The molecule has 1 unspecified atom stereocenters. The summed E-state index contributed by atoms with van der Waals surface area (Å²) in [6.45, 7) is 6.13. The summed E-state index contributed by atoms with van der Waals surface area (Å²) in [4.78, 5) is 38.6. The van der Waals surface area contributed by atoms with E-state index in [1.165, 1.54) is 18.0 Å². The molecule has 0 bridgehead atoms. The van der Waals surface area contributed by atoms with E-state index < -0.39 is 11.9 Å². The number of likely N-dealkylation sites (tertiary alicyclic amines) is 1. The van der Waals surface area contributed by atoms with Gasteiger partial charge in [-0.2, -0.15) is 5.26 Å². The molecular weight excluding hydrogens is 418 g/mol. The summed E-state index contributed by atoms with van der Waals surface area (Å²) in [6, 6.07) is 11.4. The topological polar surface area (TPSA) is 107 Å². The summed E-state index contributed by atoms with van der Waals surface area (Å²) in [5.41, 5.74) is 4.71. The lowest BCUT2D eigenvalue weighted by molar-refractivity contribution is -0.138. The van der Waals surface area contributed by atoms with E-state index in [0.717, 1.165) is 34.6 Å². The Kier molecular flexibility index (Phi) is 7.34. The number of likely N-dealkylation sites (N-methyl/N-ethyl adjacent to an activating group) is 1. The molecule has 1 aromatic carbocycles. The molecule has 8 heteroatoms. The number of carbonyl (C=O) groups is 3. The summed E-state index contributed by atoms with van der Waals surface area (Å²) >= 11 is 0. The lowest BCUT2D eigenvalue weighted by Crippen LogP contribution is -2.48. The van der Waals surface area contributed by atoms with E-state index >= 15 is 0 Å². The molecule has 1 aromatic heterocycles. The van der Waals surface area contributed by atoms with Crippen LogP contribution in [0.25, 0.3) is 11.8 Å². The van der Waals surface area contributed by atoms with Crippen molar-refractivity contribution in [1.82, 2.24) is 20.1 Å². The molecule has 8 nitrogen and oxygen atoms in total. The number of hydrogen-bond donors (Lipinski definition) is 2. The molecule has 1 aliphatic rings. The lowest BCUT2D eigenvalue weighted by Gasteiger charge is -2.23. The van der Waals surface area contributed by atoms with Crippen LogP contribution in [0.5, 0.6) is 0 Å². The van der Waals surface area contributed by atoms with Gasteiger partial charge in [-0.3, -0.25) is 14.4 Å². The van der Waals surface area contributed by atoms with Crippen molar-refractivity contribution in [2.45, 2.75) is 39.7 Å². The minimum atomic E-state index is -0.623. The molecule has 1 saturated heterocycles. The maximum Gasteiger partial charge on any atom is 0.262 e. The van der Waals surface area contributed by atoms with Crippen LogP contribution in [0.15, 0.2) is 35.9 Å². The maximum atomic E-state index is 12.6. The number of nitrogens with zero attached hydrogens (tertiary/aromatic N) is 3. The van der Waals surface area contributed by atoms with Crippen molar-refractivity contribution in [3.05, 3.63) is 58.4 Å². The van der Waals surface area contributed by atoms with Crippen LogP contribution in [0, 0.1) is 32.1 Å². The fraction of sp³-hybridized carbons (Fsp3) is 0.360. The van der Waals surface area contributed by atoms with Gasteiger partial charge < -0.3 is 20.1 Å². The standard InChI is InChI=1S/C25H29N5O3/c1-16-7-9-21(10-8-16)30-17(2)12-19(18(30)3)13-20(14-26)24(32)28-15-23(31)29-11-5-6-22(29)25(33)27-4/h7-10,12-13,22H,5-6,11,15H2,1-4H3,(H,27,33)(H,28,32). The Bertz CT molecular complexity index is 1140. The van der Waals surface area contributed by atoms with Crippen molar-refractivity contribution in [2.75, 3.05) is 20.1 Å². The molecule has 0 aliphatic carbocycles. The quantitative estimate of drug-likeness (QED) is 0.523. The van der Waals surface area contributed by atoms with Crippen LogP contribution in [0.2, 0.25) is 0 Å². The summed E-state index contributed by atoms with van der Waals surface area (Å²) in [7, 11) is 1.53. The second kappa shape index (κ2) is 10.2. The molecule has 0 radical (unpaired) electrons. The summed E-state index contributed by atoms with van der Waals surface area (Å²) in [5, 5.41) is 14.7. The van der Waals surface area contributed by atoms with Gasteiger partial charge in [0.05, 0.1) is 6.54 Å². The van der Waals surface area contributed by atoms with E-state index in [9.17, 15) is 19.6 Å². The summed E-state index contributed by atoms with van der Waals surface area (Å²) < 4.78 is 2.06. The van der Waals surface area contributed by atoms with Crippen LogP contribution >= 0.6 is 0 Å². The van der Waals surface area contributed by atoms with Crippen molar-refractivity contribution in [1.29, 1.82) is 5.26 Å². The van der Waals surface area contributed by atoms with Gasteiger partial charge in [-0.15, -0.1) is 0 Å². The fourth-order valence-electron chi connectivity index (χ4n) is 4.19. The number of nitriles is 1. The molecule has 2 aromatic rings. The predicted octanol–water partition coefficient (Wildman–Crippen LogP) is 2.16. The van der Waals surface area contributed by atoms with Gasteiger partial charge in [0.2, 0.25) is 11.8 Å². The molecule has 1 atom stereocenters. The minimum Gasteiger partial charge on any atom is -0.357 e. The Labute approximate surface area is 193 Å². The molecule has 1 fully saturated rings. The zero-order chi connectivity index (χ0) is 24.1. The van der Waals surface area contributed by atoms with Gasteiger partial charge in [-0.25, -0.2) is 0 Å². The molecule has 1 aliphatic heterocycles. The zero-order valence-electron chi connectivity index (χ0n) is 19.4. The van der Waals surface area contributed by atoms with Crippen LogP contribution in [-0.2, 0) is 14.4 Å². The number of aromatic nitrogens is 1. The first-order valence-corrected chi connectivity index (χ1v) is 10.9. The van der Waals surface area contributed by atoms with E-state index in [1.54, 1.807) is 0 Å². The SMILES string of the molecule is CNC(=O)C1CCCN1C(=O)CNC(=O)C(C#N)=Cc1cc(C)n(-c2ccc(C)cc2)c1C. The third-order valence-corrected chi connectivity index (χ3v) is 5.95. The van der Waals surface area contributed by atoms with Crippen molar-refractivity contribution in [3.63, 3.8) is 0 Å². The molecule has 2 heterocycles. The maximum absolute atomic E-state index is 12.6. The first kappa shape index (κ1) is 23.8. The van der Waals surface area contributed by atoms with Crippen molar-refractivity contribution in [2.24, 2.45) is 0 Å². The Morgan fingerprint density at radius 2 is 1.88 bits per heavy atom. The fourth-order valence-corrected chi connectivity index (χ4v) is 4.19. The largest absolute Gasteiger partial charge is 0.357 e. The lowest BCUT2D eigenvalue weighted by atomic mass is 10.1. The average molecular weight is 448 g/mol. The van der Waals surface area contributed by atoms with E-state index in [0.29, 0.717) is 13.0 Å². The number of nitrogens with one attached hydrogen (secondary N) is 2. The smallest absolute Gasteiger partial charge is 0.262 e. The van der Waals surface area contributed by atoms with E-state index in [1.807, 2.05) is 57.2 Å².